The van der Waals surface area contributed by atoms with Gasteiger partial charge in [-0.25, -0.2) is 9.38 Å². The third kappa shape index (κ3) is 7.34. The van der Waals surface area contributed by atoms with Gasteiger partial charge in [0.25, 0.3) is 0 Å². The van der Waals surface area contributed by atoms with Crippen molar-refractivity contribution in [1.82, 2.24) is 15.1 Å². The van der Waals surface area contributed by atoms with Crippen molar-refractivity contribution in [1.29, 1.82) is 0 Å². The first-order valence-corrected chi connectivity index (χ1v) is 7.36. The molecule has 0 aliphatic heterocycles. The molecule has 0 heterocycles. The van der Waals surface area contributed by atoms with E-state index in [4.69, 9.17) is 11.6 Å². The van der Waals surface area contributed by atoms with E-state index in [1.165, 1.54) is 17.0 Å². The van der Waals surface area contributed by atoms with Gasteiger partial charge in [-0.3, -0.25) is 4.79 Å². The predicted molar refractivity (Wildman–Crippen MR) is 103 cm³/mol. The van der Waals surface area contributed by atoms with E-state index in [9.17, 15) is 9.18 Å². The molecular weight excluding hydrogens is 434 g/mol. The van der Waals surface area contributed by atoms with E-state index in [1.54, 1.807) is 20.2 Å². The summed E-state index contributed by atoms with van der Waals surface area (Å²) in [6.07, 6.45) is 0. The SMILES string of the molecule is CCNC(=NCC(=O)N(C)C)N(C)Cc1ccc(Cl)c(F)c1.I. The second-order valence-corrected chi connectivity index (χ2v) is 5.47. The second kappa shape index (κ2) is 10.6. The molecule has 0 spiro atoms. The number of likely N-dealkylation sites (N-methyl/N-ethyl adjacent to an activating group) is 1. The maximum atomic E-state index is 13.5. The van der Waals surface area contributed by atoms with Crippen molar-refractivity contribution in [2.45, 2.75) is 13.5 Å². The summed E-state index contributed by atoms with van der Waals surface area (Å²) in [5, 5.41) is 3.21. The Morgan fingerprint density at radius 1 is 1.35 bits per heavy atom. The van der Waals surface area contributed by atoms with Crippen LogP contribution in [0.5, 0.6) is 0 Å². The van der Waals surface area contributed by atoms with E-state index in [1.807, 2.05) is 18.9 Å². The monoisotopic (exact) mass is 456 g/mol. The third-order valence-electron chi connectivity index (χ3n) is 2.96. The van der Waals surface area contributed by atoms with Gasteiger partial charge in [-0.1, -0.05) is 17.7 Å². The van der Waals surface area contributed by atoms with Crippen LogP contribution in [0.3, 0.4) is 0 Å². The highest BCUT2D eigenvalue weighted by Crippen LogP contribution is 2.16. The molecule has 0 radical (unpaired) electrons. The summed E-state index contributed by atoms with van der Waals surface area (Å²) < 4.78 is 13.5. The molecule has 0 aromatic heterocycles. The number of nitrogens with one attached hydrogen (secondary N) is 1. The zero-order chi connectivity index (χ0) is 16.7. The van der Waals surface area contributed by atoms with Crippen LogP contribution in [0.25, 0.3) is 0 Å². The number of hydrogen-bond acceptors (Lipinski definition) is 2. The Bertz CT molecular complexity index is 554. The molecule has 1 aromatic rings. The summed E-state index contributed by atoms with van der Waals surface area (Å²) in [6.45, 7) is 3.14. The summed E-state index contributed by atoms with van der Waals surface area (Å²) in [5.41, 5.74) is 0.772. The van der Waals surface area contributed by atoms with E-state index in [-0.39, 0.29) is 41.5 Å². The average molecular weight is 457 g/mol. The van der Waals surface area contributed by atoms with Crippen molar-refractivity contribution >= 4 is 47.4 Å². The van der Waals surface area contributed by atoms with E-state index < -0.39 is 5.82 Å². The van der Waals surface area contributed by atoms with Gasteiger partial charge in [0.15, 0.2) is 5.96 Å². The minimum Gasteiger partial charge on any atom is -0.357 e. The normalized spacial score (nSPS) is 10.8. The van der Waals surface area contributed by atoms with Crippen LogP contribution >= 0.6 is 35.6 Å². The molecule has 8 heteroatoms. The van der Waals surface area contributed by atoms with Crippen molar-refractivity contribution in [3.8, 4) is 0 Å². The van der Waals surface area contributed by atoms with E-state index in [2.05, 4.69) is 10.3 Å². The minimum absolute atomic E-state index is 0. The number of aliphatic imine (C=N–C) groups is 1. The quantitative estimate of drug-likeness (QED) is 0.421. The molecule has 0 bridgehead atoms. The third-order valence-corrected chi connectivity index (χ3v) is 3.27. The lowest BCUT2D eigenvalue weighted by Crippen LogP contribution is -2.39. The number of carbonyl (C=O) groups excluding carboxylic acids is 1. The number of hydrogen-bond donors (Lipinski definition) is 1. The fraction of sp³-hybridized carbons (Fsp3) is 0.467. The van der Waals surface area contributed by atoms with Gasteiger partial charge in [0.05, 0.1) is 5.02 Å². The van der Waals surface area contributed by atoms with Crippen LogP contribution in [-0.4, -0.2) is 55.9 Å². The lowest BCUT2D eigenvalue weighted by Gasteiger charge is -2.22. The molecule has 1 aromatic carbocycles. The van der Waals surface area contributed by atoms with Gasteiger partial charge in [-0.15, -0.1) is 24.0 Å². The van der Waals surface area contributed by atoms with E-state index >= 15 is 0 Å². The standard InChI is InChI=1S/C15H22ClFN4O.HI/c1-5-18-15(19-9-14(22)20(2)3)21(4)10-11-6-7-12(16)13(17)8-11;/h6-8H,5,9-10H2,1-4H3,(H,18,19);1H. The molecule has 1 amide bonds. The Morgan fingerprint density at radius 2 is 2.00 bits per heavy atom. The van der Waals surface area contributed by atoms with Gasteiger partial charge < -0.3 is 15.1 Å². The van der Waals surface area contributed by atoms with E-state index in [0.717, 1.165) is 5.56 Å². The first-order valence-electron chi connectivity index (χ1n) is 6.98. The van der Waals surface area contributed by atoms with Crippen LogP contribution in [0.4, 0.5) is 4.39 Å². The number of amides is 1. The molecule has 1 rings (SSSR count). The second-order valence-electron chi connectivity index (χ2n) is 5.06. The highest BCUT2D eigenvalue weighted by Gasteiger charge is 2.10. The van der Waals surface area contributed by atoms with Gasteiger partial charge in [0.2, 0.25) is 5.91 Å². The van der Waals surface area contributed by atoms with Gasteiger partial charge in [-0.2, -0.15) is 0 Å². The van der Waals surface area contributed by atoms with Gasteiger partial charge in [0.1, 0.15) is 12.4 Å². The zero-order valence-electron chi connectivity index (χ0n) is 13.8. The van der Waals surface area contributed by atoms with Gasteiger partial charge in [0, 0.05) is 34.2 Å². The number of nitrogens with zero attached hydrogens (tertiary/aromatic N) is 3. The lowest BCUT2D eigenvalue weighted by molar-refractivity contribution is -0.127. The molecule has 1 N–H and O–H groups in total. The molecular formula is C15H23ClFIN4O. The molecule has 23 heavy (non-hydrogen) atoms. The van der Waals surface area contributed by atoms with E-state index in [0.29, 0.717) is 19.0 Å². The predicted octanol–water partition coefficient (Wildman–Crippen LogP) is 2.58. The van der Waals surface area contributed by atoms with Crippen LogP contribution in [0, 0.1) is 5.82 Å². The summed E-state index contributed by atoms with van der Waals surface area (Å²) in [5.74, 6) is 0.0618. The first kappa shape index (κ1) is 21.9. The summed E-state index contributed by atoms with van der Waals surface area (Å²) >= 11 is 5.68. The molecule has 0 fully saturated rings. The fourth-order valence-electron chi connectivity index (χ4n) is 1.74. The largest absolute Gasteiger partial charge is 0.357 e. The Kier molecular flexibility index (Phi) is 10.1. The average Bonchev–Trinajstić information content (AvgIpc) is 2.46. The Labute approximate surface area is 158 Å². The molecule has 0 saturated heterocycles. The molecule has 0 atom stereocenters. The summed E-state index contributed by atoms with van der Waals surface area (Å²) in [7, 11) is 5.20. The fourth-order valence-corrected chi connectivity index (χ4v) is 1.86. The first-order chi connectivity index (χ1) is 10.3. The van der Waals surface area contributed by atoms with Crippen molar-refractivity contribution < 1.29 is 9.18 Å². The van der Waals surface area contributed by atoms with Gasteiger partial charge >= 0.3 is 0 Å². The zero-order valence-corrected chi connectivity index (χ0v) is 16.9. The molecule has 0 aliphatic carbocycles. The maximum absolute atomic E-state index is 13.5. The number of benzene rings is 1. The Balaban J connectivity index is 0.00000484. The maximum Gasteiger partial charge on any atom is 0.243 e. The number of halogens is 3. The molecule has 0 unspecified atom stereocenters. The van der Waals surface area contributed by atoms with Crippen molar-refractivity contribution in [2.24, 2.45) is 4.99 Å². The number of rotatable bonds is 5. The number of guanidine groups is 1. The number of carbonyl (C=O) groups is 1. The van der Waals surface area contributed by atoms with Crippen LogP contribution in [0.1, 0.15) is 12.5 Å². The highest BCUT2D eigenvalue weighted by molar-refractivity contribution is 14.0. The molecule has 0 aliphatic rings. The van der Waals surface area contributed by atoms with Crippen molar-refractivity contribution in [2.75, 3.05) is 34.2 Å². The van der Waals surface area contributed by atoms with Crippen molar-refractivity contribution in [3.05, 3.63) is 34.6 Å². The smallest absolute Gasteiger partial charge is 0.243 e. The topological polar surface area (TPSA) is 47.9 Å². The molecule has 0 saturated carbocycles. The van der Waals surface area contributed by atoms with Crippen molar-refractivity contribution in [3.63, 3.8) is 0 Å². The molecule has 5 nitrogen and oxygen atoms in total. The highest BCUT2D eigenvalue weighted by atomic mass is 127. The van der Waals surface area contributed by atoms with Crippen LogP contribution in [0.15, 0.2) is 23.2 Å². The van der Waals surface area contributed by atoms with Gasteiger partial charge in [-0.05, 0) is 24.6 Å². The summed E-state index contributed by atoms with van der Waals surface area (Å²) in [4.78, 5) is 19.2. The van der Waals surface area contributed by atoms with Crippen LogP contribution < -0.4 is 5.32 Å². The Hall–Kier alpha value is -1.09. The Morgan fingerprint density at radius 3 is 2.52 bits per heavy atom. The summed E-state index contributed by atoms with van der Waals surface area (Å²) in [6, 6.07) is 4.68. The molecule has 130 valence electrons. The van der Waals surface area contributed by atoms with Crippen LogP contribution in [0.2, 0.25) is 5.02 Å². The minimum atomic E-state index is -0.447. The lowest BCUT2D eigenvalue weighted by atomic mass is 10.2. The van der Waals surface area contributed by atoms with Crippen LogP contribution in [-0.2, 0) is 11.3 Å².